The van der Waals surface area contributed by atoms with Crippen molar-refractivity contribution in [3.63, 3.8) is 0 Å². The number of nitriles is 2. The van der Waals surface area contributed by atoms with Crippen molar-refractivity contribution < 1.29 is 0 Å². The van der Waals surface area contributed by atoms with Crippen molar-refractivity contribution in [2.45, 2.75) is 123 Å². The fourth-order valence-corrected chi connectivity index (χ4v) is 11.4. The highest BCUT2D eigenvalue weighted by atomic mass is 14.5. The van der Waals surface area contributed by atoms with Crippen LogP contribution in [0.4, 0.5) is 0 Å². The molecule has 1 aliphatic rings. The quantitative estimate of drug-likeness (QED) is 0.0715. The molecule has 0 N–H and O–H groups in total. The summed E-state index contributed by atoms with van der Waals surface area (Å²) in [6.07, 6.45) is 17.9. The van der Waals surface area contributed by atoms with E-state index in [1.54, 1.807) is 11.6 Å². The summed E-state index contributed by atoms with van der Waals surface area (Å²) >= 11 is 0. The first-order valence-corrected chi connectivity index (χ1v) is 26.6. The van der Waals surface area contributed by atoms with Gasteiger partial charge in [0.15, 0.2) is 0 Å². The molecule has 8 aromatic carbocycles. The zero-order valence-electron chi connectivity index (χ0n) is 42.5. The van der Waals surface area contributed by atoms with E-state index in [2.05, 4.69) is 191 Å². The van der Waals surface area contributed by atoms with Crippen molar-refractivity contribution in [2.24, 2.45) is 0 Å². The molecule has 71 heavy (non-hydrogen) atoms. The Morgan fingerprint density at radius 2 is 0.746 bits per heavy atom. The Bertz CT molecular complexity index is 3180. The summed E-state index contributed by atoms with van der Waals surface area (Å²) in [5.74, 6) is 0. The molecule has 0 amide bonds. The molecule has 0 atom stereocenters. The summed E-state index contributed by atoms with van der Waals surface area (Å²) in [5.41, 5.74) is 23.2. The highest BCUT2D eigenvalue weighted by molar-refractivity contribution is 5.89. The lowest BCUT2D eigenvalue weighted by Gasteiger charge is -2.33. The van der Waals surface area contributed by atoms with Gasteiger partial charge in [0.1, 0.15) is 0 Å². The van der Waals surface area contributed by atoms with Gasteiger partial charge >= 0.3 is 0 Å². The van der Waals surface area contributed by atoms with E-state index < -0.39 is 0 Å². The lowest BCUT2D eigenvalue weighted by Crippen LogP contribution is -2.25. The van der Waals surface area contributed by atoms with Crippen molar-refractivity contribution in [3.05, 3.63) is 203 Å². The number of rotatable bonds is 20. The molecule has 0 saturated carbocycles. The van der Waals surface area contributed by atoms with Gasteiger partial charge in [0.25, 0.3) is 0 Å². The average molecular weight is 925 g/mol. The number of hydrogen-bond donors (Lipinski definition) is 0. The molecule has 9 rings (SSSR count). The molecule has 8 aromatic rings. The number of benzene rings is 8. The monoisotopic (exact) mass is 925 g/mol. The van der Waals surface area contributed by atoms with Crippen LogP contribution in [0.15, 0.2) is 170 Å². The van der Waals surface area contributed by atoms with Gasteiger partial charge in [-0.05, 0) is 164 Å². The van der Waals surface area contributed by atoms with Gasteiger partial charge in [-0.1, -0.05) is 223 Å². The second-order valence-electron chi connectivity index (χ2n) is 20.3. The highest BCUT2D eigenvalue weighted by Gasteiger charge is 2.42. The van der Waals surface area contributed by atoms with Gasteiger partial charge in [0, 0.05) is 5.41 Å². The van der Waals surface area contributed by atoms with Gasteiger partial charge in [-0.25, -0.2) is 0 Å². The number of hydrogen-bond acceptors (Lipinski definition) is 2. The van der Waals surface area contributed by atoms with Crippen LogP contribution < -0.4 is 0 Å². The minimum Gasteiger partial charge on any atom is -0.192 e. The van der Waals surface area contributed by atoms with Crippen LogP contribution in [-0.2, 0) is 5.41 Å². The summed E-state index contributed by atoms with van der Waals surface area (Å²) in [4.78, 5) is 0. The Hall–Kier alpha value is -7.26. The third-order valence-electron chi connectivity index (χ3n) is 15.2. The lowest BCUT2D eigenvalue weighted by atomic mass is 9.70. The van der Waals surface area contributed by atoms with Crippen molar-refractivity contribution in [2.75, 3.05) is 0 Å². The number of aryl methyl sites for hydroxylation is 2. The number of fused-ring (bicyclic) bond motifs is 3. The largest absolute Gasteiger partial charge is 0.192 e. The second kappa shape index (κ2) is 22.7. The molecule has 1 aliphatic carbocycles. The minimum absolute atomic E-state index is 0.0221. The van der Waals surface area contributed by atoms with E-state index in [-0.39, 0.29) is 5.41 Å². The molecule has 0 heterocycles. The van der Waals surface area contributed by atoms with Crippen LogP contribution in [0.3, 0.4) is 0 Å². The van der Waals surface area contributed by atoms with Gasteiger partial charge in [0.2, 0.25) is 0 Å². The summed E-state index contributed by atoms with van der Waals surface area (Å²) in [6, 6.07) is 66.9. The summed E-state index contributed by atoms with van der Waals surface area (Å²) in [7, 11) is 0. The maximum atomic E-state index is 9.75. The SMILES string of the molecule is CCCCCCCCC1(CCCCCCCC)c2cc(C)ccc2-c2ccc(-c3cc(-c4ccc(-c5cc(C#N)cc(C#N)c5)cc4)cc(-c4cccc(-c5ccccc5-c5cccc(C)c5)c4)c3)cc21. The Labute approximate surface area is 424 Å². The average Bonchev–Trinajstić information content (AvgIpc) is 3.67. The Morgan fingerprint density at radius 1 is 0.324 bits per heavy atom. The predicted molar refractivity (Wildman–Crippen MR) is 300 cm³/mol. The van der Waals surface area contributed by atoms with Crippen molar-refractivity contribution in [1.29, 1.82) is 10.5 Å². The van der Waals surface area contributed by atoms with Crippen LogP contribution in [0.2, 0.25) is 0 Å². The van der Waals surface area contributed by atoms with E-state index in [4.69, 9.17) is 0 Å². The molecule has 0 unspecified atom stereocenters. The maximum Gasteiger partial charge on any atom is 0.0992 e. The zero-order chi connectivity index (χ0) is 49.2. The molecule has 0 spiro atoms. The molecule has 0 radical (unpaired) electrons. The van der Waals surface area contributed by atoms with Crippen molar-refractivity contribution in [1.82, 2.24) is 0 Å². The molecule has 0 bridgehead atoms. The zero-order valence-corrected chi connectivity index (χ0v) is 42.5. The lowest BCUT2D eigenvalue weighted by molar-refractivity contribution is 0.398. The van der Waals surface area contributed by atoms with Crippen LogP contribution in [0.25, 0.3) is 77.9 Å². The summed E-state index contributed by atoms with van der Waals surface area (Å²) < 4.78 is 0. The van der Waals surface area contributed by atoms with Gasteiger partial charge in [-0.2, -0.15) is 10.5 Å². The van der Waals surface area contributed by atoms with E-state index in [1.165, 1.54) is 162 Å². The molecule has 0 aromatic heterocycles. The fourth-order valence-electron chi connectivity index (χ4n) is 11.4. The maximum absolute atomic E-state index is 9.75. The van der Waals surface area contributed by atoms with Gasteiger partial charge in [-0.3, -0.25) is 0 Å². The standard InChI is InChI=1S/C69H68N2/c1-5-7-9-11-13-17-35-69(36-18-14-12-10-8-6-2)67-38-50(4)27-33-65(67)66-34-32-56(46-68(66)69)62-44-60(54-30-28-53(29-31-54)59-40-51(47-70)39-52(41-59)48-71)43-61(45-62)55-22-20-24-58(42-55)64-26-16-15-25-63(64)57-23-19-21-49(3)37-57/h15-16,19-34,37-46H,5-14,17-18,35-36H2,1-4H3. The van der Waals surface area contributed by atoms with Gasteiger partial charge in [0.05, 0.1) is 23.3 Å². The smallest absolute Gasteiger partial charge is 0.0992 e. The Balaban J connectivity index is 1.17. The van der Waals surface area contributed by atoms with Crippen LogP contribution in [0.1, 0.15) is 137 Å². The van der Waals surface area contributed by atoms with Crippen LogP contribution in [0.5, 0.6) is 0 Å². The molecule has 0 saturated heterocycles. The van der Waals surface area contributed by atoms with E-state index in [9.17, 15) is 10.5 Å². The fraction of sp³-hybridized carbons (Fsp3) is 0.275. The van der Waals surface area contributed by atoms with Crippen molar-refractivity contribution in [3.8, 4) is 90.0 Å². The predicted octanol–water partition coefficient (Wildman–Crippen LogP) is 19.8. The van der Waals surface area contributed by atoms with E-state index in [0.29, 0.717) is 11.1 Å². The van der Waals surface area contributed by atoms with Gasteiger partial charge < -0.3 is 0 Å². The van der Waals surface area contributed by atoms with Gasteiger partial charge in [-0.15, -0.1) is 0 Å². The molecule has 354 valence electrons. The molecular formula is C69H68N2. The van der Waals surface area contributed by atoms with Crippen LogP contribution >= 0.6 is 0 Å². The van der Waals surface area contributed by atoms with E-state index in [1.807, 2.05) is 12.1 Å². The highest BCUT2D eigenvalue weighted by Crippen LogP contribution is 2.55. The Kier molecular flexibility index (Phi) is 15.6. The topological polar surface area (TPSA) is 47.6 Å². The van der Waals surface area contributed by atoms with E-state index >= 15 is 0 Å². The Morgan fingerprint density at radius 3 is 1.31 bits per heavy atom. The van der Waals surface area contributed by atoms with Crippen LogP contribution in [0, 0.1) is 36.5 Å². The number of nitrogens with zero attached hydrogens (tertiary/aromatic N) is 2. The third kappa shape index (κ3) is 10.9. The first-order chi connectivity index (χ1) is 34.8. The molecule has 2 heteroatoms. The number of unbranched alkanes of at least 4 members (excludes halogenated alkanes) is 10. The first kappa shape index (κ1) is 48.8. The summed E-state index contributed by atoms with van der Waals surface area (Å²) in [5, 5.41) is 19.5. The van der Waals surface area contributed by atoms with Crippen LogP contribution in [-0.4, -0.2) is 0 Å². The molecule has 0 aliphatic heterocycles. The van der Waals surface area contributed by atoms with E-state index in [0.717, 1.165) is 22.3 Å². The third-order valence-corrected chi connectivity index (χ3v) is 15.2. The first-order valence-electron chi connectivity index (χ1n) is 26.6. The van der Waals surface area contributed by atoms with Crippen molar-refractivity contribution >= 4 is 0 Å². The molecule has 2 nitrogen and oxygen atoms in total. The normalized spacial score (nSPS) is 12.3. The minimum atomic E-state index is -0.0221. The molecular weight excluding hydrogens is 857 g/mol. The molecule has 0 fully saturated rings. The summed E-state index contributed by atoms with van der Waals surface area (Å²) in [6.45, 7) is 9.06. The second-order valence-corrected chi connectivity index (χ2v) is 20.3.